The monoisotopic (exact) mass is 435 g/mol. The Balaban J connectivity index is 1.61. The molecule has 1 N–H and O–H groups in total. The predicted octanol–water partition coefficient (Wildman–Crippen LogP) is 5.71. The van der Waals surface area contributed by atoms with Crippen molar-refractivity contribution in [2.75, 3.05) is 11.9 Å². The van der Waals surface area contributed by atoms with Crippen LogP contribution in [0.2, 0.25) is 10.3 Å². The normalized spacial score (nSPS) is 20.1. The lowest BCUT2D eigenvalue weighted by atomic mass is 9.98. The molecule has 0 aliphatic carbocycles. The van der Waals surface area contributed by atoms with Gasteiger partial charge in [-0.25, -0.2) is 0 Å². The van der Waals surface area contributed by atoms with E-state index in [1.165, 1.54) is 12.1 Å². The Morgan fingerprint density at radius 1 is 1.14 bits per heavy atom. The van der Waals surface area contributed by atoms with E-state index in [1.807, 2.05) is 0 Å². The van der Waals surface area contributed by atoms with E-state index in [0.29, 0.717) is 17.8 Å². The largest absolute Gasteiger partial charge is 0.573 e. The van der Waals surface area contributed by atoms with Gasteiger partial charge in [0.1, 0.15) is 5.75 Å². The van der Waals surface area contributed by atoms with E-state index < -0.39 is 6.36 Å². The summed E-state index contributed by atoms with van der Waals surface area (Å²) in [7, 11) is 0. The second-order valence-corrected chi connectivity index (χ2v) is 7.17. The molecule has 1 fully saturated rings. The van der Waals surface area contributed by atoms with Gasteiger partial charge in [-0.2, -0.15) is 0 Å². The van der Waals surface area contributed by atoms with E-state index in [9.17, 15) is 13.2 Å². The van der Waals surface area contributed by atoms with Gasteiger partial charge in [-0.1, -0.05) is 35.3 Å². The maximum atomic E-state index is 12.3. The molecule has 0 saturated carbocycles. The van der Waals surface area contributed by atoms with E-state index in [2.05, 4.69) is 20.3 Å². The Hall–Kier alpha value is -1.77. The van der Waals surface area contributed by atoms with Crippen LogP contribution in [0.4, 0.5) is 18.9 Å². The SMILES string of the molecule is Cc1c(Cl)nnc(Cl)c1NC[C@H]1CCC[C@@H](c2ccc(OC(F)(F)F)cc2)O1. The van der Waals surface area contributed by atoms with Gasteiger partial charge in [-0.3, -0.25) is 0 Å². The highest BCUT2D eigenvalue weighted by molar-refractivity contribution is 6.34. The molecular weight excluding hydrogens is 418 g/mol. The Morgan fingerprint density at radius 2 is 1.82 bits per heavy atom. The zero-order valence-electron chi connectivity index (χ0n) is 14.9. The fourth-order valence-corrected chi connectivity index (χ4v) is 3.45. The third kappa shape index (κ3) is 5.40. The highest BCUT2D eigenvalue weighted by atomic mass is 35.5. The number of benzene rings is 1. The molecule has 2 heterocycles. The van der Waals surface area contributed by atoms with Crippen LogP contribution in [0.1, 0.15) is 36.5 Å². The Morgan fingerprint density at radius 3 is 2.50 bits per heavy atom. The molecular formula is C18H18Cl2F3N3O2. The molecule has 0 amide bonds. The van der Waals surface area contributed by atoms with Crippen molar-refractivity contribution in [2.24, 2.45) is 0 Å². The number of rotatable bonds is 5. The number of hydrogen-bond donors (Lipinski definition) is 1. The number of aromatic nitrogens is 2. The van der Waals surface area contributed by atoms with Crippen molar-refractivity contribution in [1.82, 2.24) is 10.2 Å². The highest BCUT2D eigenvalue weighted by Crippen LogP contribution is 2.34. The summed E-state index contributed by atoms with van der Waals surface area (Å²) in [6, 6.07) is 5.77. The molecule has 0 bridgehead atoms. The third-order valence-electron chi connectivity index (χ3n) is 4.46. The number of hydrogen-bond acceptors (Lipinski definition) is 5. The predicted molar refractivity (Wildman–Crippen MR) is 99.9 cm³/mol. The van der Waals surface area contributed by atoms with E-state index in [1.54, 1.807) is 19.1 Å². The number of halogens is 5. The smallest absolute Gasteiger partial charge is 0.406 e. The lowest BCUT2D eigenvalue weighted by molar-refractivity contribution is -0.274. The van der Waals surface area contributed by atoms with Gasteiger partial charge < -0.3 is 14.8 Å². The summed E-state index contributed by atoms with van der Waals surface area (Å²) in [6.45, 7) is 2.29. The van der Waals surface area contributed by atoms with Crippen molar-refractivity contribution >= 4 is 28.9 Å². The molecule has 2 atom stereocenters. The number of ether oxygens (including phenoxy) is 2. The summed E-state index contributed by atoms with van der Waals surface area (Å²) >= 11 is 12.1. The second-order valence-electron chi connectivity index (χ2n) is 6.46. The first-order valence-electron chi connectivity index (χ1n) is 8.66. The molecule has 1 aromatic heterocycles. The molecule has 3 rings (SSSR count). The zero-order valence-corrected chi connectivity index (χ0v) is 16.4. The van der Waals surface area contributed by atoms with Gasteiger partial charge in [0.05, 0.1) is 17.9 Å². The van der Waals surface area contributed by atoms with Crippen LogP contribution in [0, 0.1) is 6.92 Å². The van der Waals surface area contributed by atoms with Gasteiger partial charge in [-0.15, -0.1) is 23.4 Å². The van der Waals surface area contributed by atoms with Crippen molar-refractivity contribution in [3.63, 3.8) is 0 Å². The van der Waals surface area contributed by atoms with Crippen molar-refractivity contribution < 1.29 is 22.6 Å². The number of nitrogens with zero attached hydrogens (tertiary/aromatic N) is 2. The van der Waals surface area contributed by atoms with E-state index in [4.69, 9.17) is 27.9 Å². The summed E-state index contributed by atoms with van der Waals surface area (Å²) in [4.78, 5) is 0. The minimum Gasteiger partial charge on any atom is -0.406 e. The maximum Gasteiger partial charge on any atom is 0.573 e. The minimum absolute atomic E-state index is 0.0905. The standard InChI is InChI=1S/C18H18Cl2F3N3O2/c1-10-15(17(20)26-25-16(10)19)24-9-13-3-2-4-14(27-13)11-5-7-12(8-6-11)28-18(21,22)23/h5-8,13-14H,2-4,9H2,1H3,(H,24,25)/t13-,14+/m1/s1. The molecule has 2 aromatic rings. The molecule has 5 nitrogen and oxygen atoms in total. The van der Waals surface area contributed by atoms with Crippen LogP contribution in [0.5, 0.6) is 5.75 Å². The summed E-state index contributed by atoms with van der Waals surface area (Å²) in [6.07, 6.45) is -2.42. The minimum atomic E-state index is -4.70. The zero-order chi connectivity index (χ0) is 20.3. The van der Waals surface area contributed by atoms with Gasteiger partial charge in [0.25, 0.3) is 0 Å². The summed E-state index contributed by atoms with van der Waals surface area (Å²) in [5, 5.41) is 11.2. The van der Waals surface area contributed by atoms with Gasteiger partial charge in [-0.05, 0) is 43.9 Å². The fraction of sp³-hybridized carbons (Fsp3) is 0.444. The molecule has 1 aromatic carbocycles. The van der Waals surface area contributed by atoms with Crippen LogP contribution >= 0.6 is 23.2 Å². The summed E-state index contributed by atoms with van der Waals surface area (Å²) in [5.41, 5.74) is 2.12. The molecule has 0 spiro atoms. The molecule has 152 valence electrons. The average molecular weight is 436 g/mol. The van der Waals surface area contributed by atoms with Gasteiger partial charge in [0.15, 0.2) is 10.3 Å². The second kappa shape index (κ2) is 8.71. The highest BCUT2D eigenvalue weighted by Gasteiger charge is 2.31. The summed E-state index contributed by atoms with van der Waals surface area (Å²) < 4.78 is 46.8. The summed E-state index contributed by atoms with van der Waals surface area (Å²) in [5.74, 6) is -0.252. The van der Waals surface area contributed by atoms with Crippen LogP contribution in [0.25, 0.3) is 0 Å². The van der Waals surface area contributed by atoms with E-state index >= 15 is 0 Å². The van der Waals surface area contributed by atoms with Gasteiger partial charge in [0.2, 0.25) is 0 Å². The first-order chi connectivity index (χ1) is 13.2. The first kappa shape index (κ1) is 21.0. The Labute approximate surface area is 170 Å². The molecule has 0 unspecified atom stereocenters. The molecule has 10 heteroatoms. The van der Waals surface area contributed by atoms with Crippen molar-refractivity contribution in [1.29, 1.82) is 0 Å². The van der Waals surface area contributed by atoms with Crippen LogP contribution in [-0.4, -0.2) is 29.2 Å². The van der Waals surface area contributed by atoms with E-state index in [-0.39, 0.29) is 28.3 Å². The topological polar surface area (TPSA) is 56.3 Å². The van der Waals surface area contributed by atoms with Crippen molar-refractivity contribution in [3.05, 3.63) is 45.7 Å². The number of nitrogens with one attached hydrogen (secondary N) is 1. The van der Waals surface area contributed by atoms with E-state index in [0.717, 1.165) is 24.8 Å². The molecule has 28 heavy (non-hydrogen) atoms. The van der Waals surface area contributed by atoms with Gasteiger partial charge in [0, 0.05) is 12.1 Å². The molecule has 1 aliphatic heterocycles. The van der Waals surface area contributed by atoms with Crippen LogP contribution in [0.3, 0.4) is 0 Å². The number of anilines is 1. The van der Waals surface area contributed by atoms with Crippen molar-refractivity contribution in [2.45, 2.75) is 44.8 Å². The number of alkyl halides is 3. The Kier molecular flexibility index (Phi) is 6.52. The average Bonchev–Trinajstić information content (AvgIpc) is 2.64. The lowest BCUT2D eigenvalue weighted by Crippen LogP contribution is -2.29. The fourth-order valence-electron chi connectivity index (χ4n) is 3.07. The van der Waals surface area contributed by atoms with Gasteiger partial charge >= 0.3 is 6.36 Å². The Bertz CT molecular complexity index is 819. The molecule has 1 aliphatic rings. The quantitative estimate of drug-likeness (QED) is 0.651. The molecule has 0 radical (unpaired) electrons. The van der Waals surface area contributed by atoms with Crippen LogP contribution in [-0.2, 0) is 4.74 Å². The third-order valence-corrected chi connectivity index (χ3v) is 5.08. The van der Waals surface area contributed by atoms with Crippen LogP contribution in [0.15, 0.2) is 24.3 Å². The lowest BCUT2D eigenvalue weighted by Gasteiger charge is -2.31. The first-order valence-corrected chi connectivity index (χ1v) is 9.42. The molecule has 1 saturated heterocycles. The van der Waals surface area contributed by atoms with Crippen molar-refractivity contribution in [3.8, 4) is 5.75 Å². The van der Waals surface area contributed by atoms with Crippen LogP contribution < -0.4 is 10.1 Å². The maximum absolute atomic E-state index is 12.3.